The van der Waals surface area contributed by atoms with Gasteiger partial charge in [0.05, 0.1) is 12.2 Å². The normalized spacial score (nSPS) is 13.5. The van der Waals surface area contributed by atoms with Gasteiger partial charge in [0, 0.05) is 35.4 Å². The molecule has 0 spiro atoms. The number of hydrogen-bond acceptors (Lipinski definition) is 5. The first-order chi connectivity index (χ1) is 13.7. The van der Waals surface area contributed by atoms with Crippen LogP contribution in [-0.4, -0.2) is 43.7 Å². The molecule has 4 N–H and O–H groups in total. The molecule has 0 atom stereocenters. The fourth-order valence-corrected chi connectivity index (χ4v) is 3.58. The Morgan fingerprint density at radius 1 is 1.18 bits per heavy atom. The number of benzene rings is 1. The molecule has 0 bridgehead atoms. The lowest BCUT2D eigenvalue weighted by molar-refractivity contribution is 0.0924. The minimum absolute atomic E-state index is 0.107. The number of H-pyrrole nitrogens is 1. The van der Waals surface area contributed by atoms with Crippen molar-refractivity contribution in [1.82, 2.24) is 30.0 Å². The molecule has 1 aliphatic heterocycles. The fourth-order valence-electron chi connectivity index (χ4n) is 3.58. The predicted octanol–water partition coefficient (Wildman–Crippen LogP) is 1.73. The van der Waals surface area contributed by atoms with Crippen LogP contribution < -0.4 is 11.1 Å². The number of rotatable bonds is 4. The summed E-state index contributed by atoms with van der Waals surface area (Å²) in [5.74, 6) is 0.513. The molecular weight excluding hydrogens is 354 g/mol. The van der Waals surface area contributed by atoms with E-state index >= 15 is 0 Å². The lowest BCUT2D eigenvalue weighted by Gasteiger charge is -2.13. The maximum atomic E-state index is 12.0. The minimum atomic E-state index is -0.107. The van der Waals surface area contributed by atoms with E-state index in [-0.39, 0.29) is 5.91 Å². The topological polar surface area (TPSA) is 115 Å². The van der Waals surface area contributed by atoms with Gasteiger partial charge in [-0.25, -0.2) is 9.97 Å². The molecule has 1 aliphatic rings. The third kappa shape index (κ3) is 2.74. The van der Waals surface area contributed by atoms with E-state index in [4.69, 9.17) is 10.7 Å². The Labute approximate surface area is 160 Å². The van der Waals surface area contributed by atoms with Crippen molar-refractivity contribution < 1.29 is 4.79 Å². The molecule has 8 heteroatoms. The summed E-state index contributed by atoms with van der Waals surface area (Å²) in [5.41, 5.74) is 10.8. The molecule has 0 radical (unpaired) electrons. The van der Waals surface area contributed by atoms with Crippen LogP contribution in [0, 0.1) is 0 Å². The summed E-state index contributed by atoms with van der Waals surface area (Å²) in [5, 5.41) is 8.49. The second-order valence-electron chi connectivity index (χ2n) is 6.77. The molecule has 0 aliphatic carbocycles. The van der Waals surface area contributed by atoms with Crippen molar-refractivity contribution >= 4 is 16.8 Å². The highest BCUT2D eigenvalue weighted by molar-refractivity contribution is 5.94. The maximum absolute atomic E-state index is 12.0. The molecule has 0 fully saturated rings. The van der Waals surface area contributed by atoms with Crippen LogP contribution in [0.4, 0.5) is 0 Å². The van der Waals surface area contributed by atoms with Gasteiger partial charge in [-0.05, 0) is 48.9 Å². The molecule has 0 saturated heterocycles. The third-order valence-electron chi connectivity index (χ3n) is 4.98. The molecule has 28 heavy (non-hydrogen) atoms. The summed E-state index contributed by atoms with van der Waals surface area (Å²) in [6.45, 7) is 1.85. The smallest absolute Gasteiger partial charge is 0.269 e. The Morgan fingerprint density at radius 2 is 2.11 bits per heavy atom. The Morgan fingerprint density at radius 3 is 2.96 bits per heavy atom. The largest absolute Gasteiger partial charge is 0.361 e. The second kappa shape index (κ2) is 6.58. The number of aromatic nitrogens is 5. The van der Waals surface area contributed by atoms with Crippen molar-refractivity contribution in [3.05, 3.63) is 54.0 Å². The van der Waals surface area contributed by atoms with Crippen LogP contribution in [-0.2, 0) is 13.0 Å². The van der Waals surface area contributed by atoms with Crippen molar-refractivity contribution in [2.75, 3.05) is 13.1 Å². The first-order valence-corrected chi connectivity index (χ1v) is 9.23. The van der Waals surface area contributed by atoms with Crippen molar-refractivity contribution in [3.8, 4) is 22.8 Å². The molecule has 4 heterocycles. The summed E-state index contributed by atoms with van der Waals surface area (Å²) < 4.78 is 1.72. The number of amides is 1. The van der Waals surface area contributed by atoms with E-state index in [1.807, 2.05) is 24.4 Å². The van der Waals surface area contributed by atoms with Gasteiger partial charge in [-0.15, -0.1) is 0 Å². The van der Waals surface area contributed by atoms with Crippen molar-refractivity contribution in [3.63, 3.8) is 0 Å². The van der Waals surface area contributed by atoms with Crippen LogP contribution in [0.2, 0.25) is 0 Å². The first-order valence-electron chi connectivity index (χ1n) is 9.23. The highest BCUT2D eigenvalue weighted by Gasteiger charge is 2.20. The van der Waals surface area contributed by atoms with Crippen LogP contribution in [0.3, 0.4) is 0 Å². The summed E-state index contributed by atoms with van der Waals surface area (Å²) in [7, 11) is 0. The molecular formula is C20H19N7O. The van der Waals surface area contributed by atoms with Gasteiger partial charge in [0.15, 0.2) is 5.82 Å². The van der Waals surface area contributed by atoms with Gasteiger partial charge in [-0.3, -0.25) is 9.48 Å². The standard InChI is InChI=1S/C20H19N7O/c21-5-3-13-11-24-15-2-1-12(9-14(13)15)19-22-6-4-16(25-19)17-10-18-20(28)23-7-8-27(18)26-17/h1-2,4,6,9-11,24H,3,5,7-8,21H2,(H,23,28). The molecule has 1 amide bonds. The summed E-state index contributed by atoms with van der Waals surface area (Å²) in [6, 6.07) is 9.69. The van der Waals surface area contributed by atoms with E-state index < -0.39 is 0 Å². The number of carbonyl (C=O) groups is 1. The highest BCUT2D eigenvalue weighted by Crippen LogP contribution is 2.26. The van der Waals surface area contributed by atoms with E-state index in [2.05, 4.69) is 26.4 Å². The molecule has 3 aromatic heterocycles. The molecule has 0 saturated carbocycles. The van der Waals surface area contributed by atoms with Crippen LogP contribution in [0.1, 0.15) is 16.1 Å². The van der Waals surface area contributed by atoms with Gasteiger partial charge in [0.25, 0.3) is 5.91 Å². The lowest BCUT2D eigenvalue weighted by Crippen LogP contribution is -2.35. The van der Waals surface area contributed by atoms with Crippen molar-refractivity contribution in [2.24, 2.45) is 5.73 Å². The summed E-state index contributed by atoms with van der Waals surface area (Å²) >= 11 is 0. The fraction of sp³-hybridized carbons (Fsp3) is 0.200. The molecule has 8 nitrogen and oxygen atoms in total. The van der Waals surface area contributed by atoms with Gasteiger partial charge in [0.1, 0.15) is 11.4 Å². The Hall–Kier alpha value is -3.52. The quantitative estimate of drug-likeness (QED) is 0.504. The Kier molecular flexibility index (Phi) is 3.91. The average Bonchev–Trinajstić information content (AvgIpc) is 3.33. The number of hydrogen-bond donors (Lipinski definition) is 3. The minimum Gasteiger partial charge on any atom is -0.361 e. The second-order valence-corrected chi connectivity index (χ2v) is 6.77. The average molecular weight is 373 g/mol. The van der Waals surface area contributed by atoms with Crippen molar-refractivity contribution in [1.29, 1.82) is 0 Å². The van der Waals surface area contributed by atoms with E-state index in [1.165, 1.54) is 5.56 Å². The predicted molar refractivity (Wildman–Crippen MR) is 106 cm³/mol. The van der Waals surface area contributed by atoms with Gasteiger partial charge in [-0.2, -0.15) is 5.10 Å². The number of carbonyl (C=O) groups excluding carboxylic acids is 1. The number of nitrogens with zero attached hydrogens (tertiary/aromatic N) is 4. The summed E-state index contributed by atoms with van der Waals surface area (Å²) in [6.07, 6.45) is 4.53. The molecule has 4 aromatic rings. The monoisotopic (exact) mass is 373 g/mol. The van der Waals surface area contributed by atoms with Crippen LogP contribution in [0.5, 0.6) is 0 Å². The third-order valence-corrected chi connectivity index (χ3v) is 4.98. The van der Waals surface area contributed by atoms with Gasteiger partial charge in [-0.1, -0.05) is 0 Å². The van der Waals surface area contributed by atoms with E-state index in [1.54, 1.807) is 16.9 Å². The van der Waals surface area contributed by atoms with Crippen LogP contribution in [0.15, 0.2) is 42.7 Å². The van der Waals surface area contributed by atoms with Crippen LogP contribution in [0.25, 0.3) is 33.7 Å². The number of fused-ring (bicyclic) bond motifs is 2. The first kappa shape index (κ1) is 16.6. The SMILES string of the molecule is NCCc1c[nH]c2ccc(-c3nccc(-c4cc5n(n4)CCNC5=O)n3)cc12. The number of nitrogens with two attached hydrogens (primary N) is 1. The van der Waals surface area contributed by atoms with Crippen LogP contribution >= 0.6 is 0 Å². The lowest BCUT2D eigenvalue weighted by atomic mass is 10.1. The van der Waals surface area contributed by atoms with Gasteiger partial charge in [0.2, 0.25) is 0 Å². The Balaban J connectivity index is 1.55. The molecule has 0 unspecified atom stereocenters. The van der Waals surface area contributed by atoms with Gasteiger partial charge < -0.3 is 16.0 Å². The zero-order chi connectivity index (χ0) is 19.1. The van der Waals surface area contributed by atoms with E-state index in [9.17, 15) is 4.79 Å². The van der Waals surface area contributed by atoms with E-state index in [0.29, 0.717) is 42.5 Å². The highest BCUT2D eigenvalue weighted by atomic mass is 16.2. The maximum Gasteiger partial charge on any atom is 0.269 e. The molecule has 140 valence electrons. The van der Waals surface area contributed by atoms with Gasteiger partial charge >= 0.3 is 0 Å². The van der Waals surface area contributed by atoms with E-state index in [0.717, 1.165) is 22.9 Å². The zero-order valence-corrected chi connectivity index (χ0v) is 15.1. The number of nitrogens with one attached hydrogen (secondary N) is 2. The summed E-state index contributed by atoms with van der Waals surface area (Å²) in [4.78, 5) is 24.4. The Bertz CT molecular complexity index is 1190. The number of aromatic amines is 1. The molecule has 1 aromatic carbocycles. The molecule has 5 rings (SSSR count). The zero-order valence-electron chi connectivity index (χ0n) is 15.1. The van der Waals surface area contributed by atoms with Crippen molar-refractivity contribution in [2.45, 2.75) is 13.0 Å².